The van der Waals surface area contributed by atoms with E-state index >= 15 is 0 Å². The van der Waals surface area contributed by atoms with Crippen LogP contribution in [0.1, 0.15) is 19.5 Å². The Balaban J connectivity index is 2.89. The maximum atomic E-state index is 10.9. The van der Waals surface area contributed by atoms with E-state index in [9.17, 15) is 9.59 Å². The first-order chi connectivity index (χ1) is 6.42. The first-order valence-electron chi connectivity index (χ1n) is 4.19. The monoisotopic (exact) mass is 196 g/mol. The molecule has 0 amide bonds. The first-order valence-corrected chi connectivity index (χ1v) is 4.19. The van der Waals surface area contributed by atoms with Gasteiger partial charge in [0.25, 0.3) is 5.56 Å². The van der Waals surface area contributed by atoms with Gasteiger partial charge in [-0.05, 0) is 13.8 Å². The zero-order chi connectivity index (χ0) is 10.8. The second-order valence-corrected chi connectivity index (χ2v) is 3.77. The van der Waals surface area contributed by atoms with E-state index in [1.54, 1.807) is 13.8 Å². The Kier molecular flexibility index (Phi) is 2.69. The molecule has 5 nitrogen and oxygen atoms in total. The predicted molar refractivity (Wildman–Crippen MR) is 50.0 cm³/mol. The zero-order valence-corrected chi connectivity index (χ0v) is 8.07. The molecular weight excluding hydrogens is 184 g/mol. The third-order valence-electron chi connectivity index (χ3n) is 1.94. The third-order valence-corrected chi connectivity index (χ3v) is 1.94. The highest BCUT2D eigenvalue weighted by Crippen LogP contribution is 2.19. The van der Waals surface area contributed by atoms with Gasteiger partial charge in [-0.3, -0.25) is 9.59 Å². The summed E-state index contributed by atoms with van der Waals surface area (Å²) < 4.78 is 0. The Morgan fingerprint density at radius 1 is 1.64 bits per heavy atom. The van der Waals surface area contributed by atoms with Crippen molar-refractivity contribution in [2.75, 3.05) is 0 Å². The molecule has 0 aliphatic heterocycles. The molecule has 2 N–H and O–H groups in total. The van der Waals surface area contributed by atoms with Gasteiger partial charge in [0, 0.05) is 18.2 Å². The van der Waals surface area contributed by atoms with Gasteiger partial charge in [-0.1, -0.05) is 0 Å². The molecule has 14 heavy (non-hydrogen) atoms. The summed E-state index contributed by atoms with van der Waals surface area (Å²) in [5, 5.41) is 8.86. The highest BCUT2D eigenvalue weighted by atomic mass is 16.4. The highest BCUT2D eigenvalue weighted by molar-refractivity contribution is 5.73. The smallest absolute Gasteiger partial charge is 0.309 e. The molecule has 1 rings (SSSR count). The molecule has 0 saturated carbocycles. The van der Waals surface area contributed by atoms with Crippen molar-refractivity contribution in [3.8, 4) is 0 Å². The molecule has 76 valence electrons. The lowest BCUT2D eigenvalue weighted by atomic mass is 9.88. The number of carboxylic acids is 1. The van der Waals surface area contributed by atoms with Gasteiger partial charge >= 0.3 is 5.97 Å². The van der Waals surface area contributed by atoms with Crippen molar-refractivity contribution in [2.45, 2.75) is 20.3 Å². The number of aromatic amines is 1. The second-order valence-electron chi connectivity index (χ2n) is 3.77. The number of aromatic nitrogens is 2. The molecule has 0 aliphatic rings. The van der Waals surface area contributed by atoms with E-state index in [2.05, 4.69) is 9.97 Å². The number of H-pyrrole nitrogens is 1. The summed E-state index contributed by atoms with van der Waals surface area (Å²) in [6.45, 7) is 3.19. The summed E-state index contributed by atoms with van der Waals surface area (Å²) >= 11 is 0. The molecular formula is C9H12N2O3. The molecule has 5 heteroatoms. The van der Waals surface area contributed by atoms with Gasteiger partial charge in [-0.15, -0.1) is 0 Å². The number of rotatable bonds is 3. The fourth-order valence-corrected chi connectivity index (χ4v) is 1.03. The van der Waals surface area contributed by atoms with Crippen LogP contribution in [0.25, 0.3) is 0 Å². The van der Waals surface area contributed by atoms with Gasteiger partial charge in [0.1, 0.15) is 0 Å². The lowest BCUT2D eigenvalue weighted by molar-refractivity contribution is -0.146. The highest BCUT2D eigenvalue weighted by Gasteiger charge is 2.27. The van der Waals surface area contributed by atoms with Gasteiger partial charge in [-0.25, -0.2) is 4.98 Å². The van der Waals surface area contributed by atoms with Crippen LogP contribution in [-0.4, -0.2) is 21.0 Å². The number of carbonyl (C=O) groups is 1. The summed E-state index contributed by atoms with van der Waals surface area (Å²) in [6, 6.07) is 1.31. The van der Waals surface area contributed by atoms with Crippen molar-refractivity contribution in [2.24, 2.45) is 5.41 Å². The molecule has 0 bridgehead atoms. The van der Waals surface area contributed by atoms with Crippen molar-refractivity contribution in [1.29, 1.82) is 0 Å². The average molecular weight is 196 g/mol. The number of nitrogens with zero attached hydrogens (tertiary/aromatic N) is 1. The van der Waals surface area contributed by atoms with Crippen molar-refractivity contribution in [1.82, 2.24) is 9.97 Å². The first kappa shape index (κ1) is 10.4. The Labute approximate surface area is 80.8 Å². The summed E-state index contributed by atoms with van der Waals surface area (Å²) in [7, 11) is 0. The molecule has 0 unspecified atom stereocenters. The fourth-order valence-electron chi connectivity index (χ4n) is 1.03. The molecule has 0 saturated heterocycles. The Morgan fingerprint density at radius 3 is 2.79 bits per heavy atom. The van der Waals surface area contributed by atoms with Gasteiger partial charge in [0.15, 0.2) is 0 Å². The van der Waals surface area contributed by atoms with Crippen molar-refractivity contribution < 1.29 is 9.90 Å². The standard InChI is InChI=1S/C9H12N2O3/c1-9(2,8(13)14)4-6-3-7(12)11-5-10-6/h3,5H,4H2,1-2H3,(H,13,14)(H,10,11,12). The molecule has 1 aromatic rings. The minimum atomic E-state index is -0.903. The van der Waals surface area contributed by atoms with Crippen molar-refractivity contribution in [3.63, 3.8) is 0 Å². The number of nitrogens with one attached hydrogen (secondary N) is 1. The molecule has 1 heterocycles. The molecule has 0 fully saturated rings. The predicted octanol–water partition coefficient (Wildman–Crippen LogP) is 0.423. The van der Waals surface area contributed by atoms with Crippen LogP contribution in [0.15, 0.2) is 17.2 Å². The number of aliphatic carboxylic acids is 1. The average Bonchev–Trinajstić information content (AvgIpc) is 2.02. The Hall–Kier alpha value is -1.65. The van der Waals surface area contributed by atoms with Crippen LogP contribution in [0.3, 0.4) is 0 Å². The van der Waals surface area contributed by atoms with E-state index in [0.29, 0.717) is 5.69 Å². The van der Waals surface area contributed by atoms with E-state index in [4.69, 9.17) is 5.11 Å². The number of carboxylic acid groups (broad SMARTS) is 1. The van der Waals surface area contributed by atoms with Crippen LogP contribution >= 0.6 is 0 Å². The quantitative estimate of drug-likeness (QED) is 0.734. The number of hydrogen-bond donors (Lipinski definition) is 2. The van der Waals surface area contributed by atoms with E-state index in [-0.39, 0.29) is 12.0 Å². The largest absolute Gasteiger partial charge is 0.481 e. The van der Waals surface area contributed by atoms with Crippen LogP contribution in [0, 0.1) is 5.41 Å². The van der Waals surface area contributed by atoms with Crippen LogP contribution in [0.5, 0.6) is 0 Å². The minimum absolute atomic E-state index is 0.242. The Bertz CT molecular complexity index is 395. The van der Waals surface area contributed by atoms with Gasteiger partial charge in [0.05, 0.1) is 11.7 Å². The van der Waals surface area contributed by atoms with E-state index < -0.39 is 11.4 Å². The zero-order valence-electron chi connectivity index (χ0n) is 8.07. The van der Waals surface area contributed by atoms with Gasteiger partial charge < -0.3 is 10.1 Å². The molecule has 0 aliphatic carbocycles. The second kappa shape index (κ2) is 3.61. The maximum Gasteiger partial charge on any atom is 0.309 e. The summed E-state index contributed by atoms with van der Waals surface area (Å²) in [4.78, 5) is 28.0. The number of hydrogen-bond acceptors (Lipinski definition) is 3. The lowest BCUT2D eigenvalue weighted by Crippen LogP contribution is -2.27. The fraction of sp³-hybridized carbons (Fsp3) is 0.444. The molecule has 0 radical (unpaired) electrons. The van der Waals surface area contributed by atoms with Gasteiger partial charge in [0.2, 0.25) is 0 Å². The van der Waals surface area contributed by atoms with Crippen LogP contribution in [-0.2, 0) is 11.2 Å². The molecule has 0 aromatic carbocycles. The van der Waals surface area contributed by atoms with Crippen LogP contribution in [0.4, 0.5) is 0 Å². The minimum Gasteiger partial charge on any atom is -0.481 e. The van der Waals surface area contributed by atoms with E-state index in [1.807, 2.05) is 0 Å². The maximum absolute atomic E-state index is 10.9. The van der Waals surface area contributed by atoms with Crippen LogP contribution < -0.4 is 5.56 Å². The Morgan fingerprint density at radius 2 is 2.29 bits per heavy atom. The molecule has 1 aromatic heterocycles. The van der Waals surface area contributed by atoms with Gasteiger partial charge in [-0.2, -0.15) is 0 Å². The molecule has 0 atom stereocenters. The molecule has 0 spiro atoms. The van der Waals surface area contributed by atoms with Crippen molar-refractivity contribution in [3.05, 3.63) is 28.4 Å². The summed E-state index contributed by atoms with van der Waals surface area (Å²) in [5.74, 6) is -0.903. The topological polar surface area (TPSA) is 83.0 Å². The van der Waals surface area contributed by atoms with E-state index in [0.717, 1.165) is 0 Å². The summed E-state index contributed by atoms with van der Waals surface area (Å²) in [6.07, 6.45) is 1.52. The van der Waals surface area contributed by atoms with Crippen molar-refractivity contribution >= 4 is 5.97 Å². The van der Waals surface area contributed by atoms with E-state index in [1.165, 1.54) is 12.4 Å². The summed E-state index contributed by atoms with van der Waals surface area (Å²) in [5.41, 5.74) is -0.682. The normalized spacial score (nSPS) is 11.3. The SMILES string of the molecule is CC(C)(Cc1cc(=O)[nH]cn1)C(=O)O. The lowest BCUT2D eigenvalue weighted by Gasteiger charge is -2.17. The third kappa shape index (κ3) is 2.42. The van der Waals surface area contributed by atoms with Crippen LogP contribution in [0.2, 0.25) is 0 Å².